The quantitative estimate of drug-likeness (QED) is 0.831. The van der Waals surface area contributed by atoms with Crippen LogP contribution in [0.2, 0.25) is 0 Å². The van der Waals surface area contributed by atoms with Gasteiger partial charge < -0.3 is 24.8 Å². The van der Waals surface area contributed by atoms with Crippen LogP contribution in [-0.2, 0) is 4.79 Å². The van der Waals surface area contributed by atoms with Gasteiger partial charge in [0.1, 0.15) is 5.75 Å². The van der Waals surface area contributed by atoms with Gasteiger partial charge >= 0.3 is 0 Å². The van der Waals surface area contributed by atoms with Gasteiger partial charge in [-0.05, 0) is 43.2 Å². The molecule has 0 bridgehead atoms. The Morgan fingerprint density at radius 2 is 1.92 bits per heavy atom. The lowest BCUT2D eigenvalue weighted by Crippen LogP contribution is -2.25. The van der Waals surface area contributed by atoms with Gasteiger partial charge in [0.25, 0.3) is 11.8 Å². The monoisotopic (exact) mass is 354 g/mol. The van der Waals surface area contributed by atoms with E-state index in [9.17, 15) is 9.59 Å². The molecule has 1 heterocycles. The molecule has 7 nitrogen and oxygen atoms in total. The summed E-state index contributed by atoms with van der Waals surface area (Å²) in [6.07, 6.45) is 2.05. The summed E-state index contributed by atoms with van der Waals surface area (Å²) in [5.74, 6) is 1.32. The zero-order chi connectivity index (χ0) is 17.9. The topological polar surface area (TPSA) is 85.9 Å². The van der Waals surface area contributed by atoms with Crippen molar-refractivity contribution in [3.63, 3.8) is 0 Å². The molecule has 4 rings (SSSR count). The van der Waals surface area contributed by atoms with Gasteiger partial charge in [-0.25, -0.2) is 0 Å². The molecule has 2 amide bonds. The third-order valence-electron chi connectivity index (χ3n) is 4.04. The highest BCUT2D eigenvalue weighted by Crippen LogP contribution is 2.35. The molecule has 0 unspecified atom stereocenters. The number of fused-ring (bicyclic) bond motifs is 1. The van der Waals surface area contributed by atoms with E-state index in [-0.39, 0.29) is 31.3 Å². The SMILES string of the molecule is O=C(COc1ccc2c(c1)OCO2)Nc1cccc(C(=O)NC2CC2)c1. The number of ether oxygens (including phenoxy) is 3. The first kappa shape index (κ1) is 16.3. The molecule has 0 radical (unpaired) electrons. The first-order chi connectivity index (χ1) is 12.7. The molecule has 0 spiro atoms. The van der Waals surface area contributed by atoms with Crippen LogP contribution in [0.3, 0.4) is 0 Å². The van der Waals surface area contributed by atoms with E-state index in [1.165, 1.54) is 0 Å². The molecule has 2 N–H and O–H groups in total. The van der Waals surface area contributed by atoms with Crippen molar-refractivity contribution in [3.05, 3.63) is 48.0 Å². The number of carbonyl (C=O) groups is 2. The normalized spacial score (nSPS) is 14.6. The van der Waals surface area contributed by atoms with Crippen molar-refractivity contribution in [1.29, 1.82) is 0 Å². The lowest BCUT2D eigenvalue weighted by Gasteiger charge is -2.09. The molecule has 1 fully saturated rings. The van der Waals surface area contributed by atoms with Gasteiger partial charge in [0, 0.05) is 23.4 Å². The molecule has 7 heteroatoms. The first-order valence-corrected chi connectivity index (χ1v) is 8.40. The van der Waals surface area contributed by atoms with E-state index >= 15 is 0 Å². The molecular weight excluding hydrogens is 336 g/mol. The van der Waals surface area contributed by atoms with Gasteiger partial charge in [-0.1, -0.05) is 6.07 Å². The first-order valence-electron chi connectivity index (χ1n) is 8.40. The second-order valence-corrected chi connectivity index (χ2v) is 6.18. The maximum Gasteiger partial charge on any atom is 0.262 e. The highest BCUT2D eigenvalue weighted by molar-refractivity contribution is 5.97. The van der Waals surface area contributed by atoms with E-state index in [0.717, 1.165) is 12.8 Å². The van der Waals surface area contributed by atoms with Crippen molar-refractivity contribution in [1.82, 2.24) is 5.32 Å². The van der Waals surface area contributed by atoms with Crippen molar-refractivity contribution >= 4 is 17.5 Å². The van der Waals surface area contributed by atoms with Crippen LogP contribution in [0.1, 0.15) is 23.2 Å². The fourth-order valence-corrected chi connectivity index (χ4v) is 2.55. The van der Waals surface area contributed by atoms with Gasteiger partial charge in [0.05, 0.1) is 0 Å². The summed E-state index contributed by atoms with van der Waals surface area (Å²) in [6.45, 7) is 0.0298. The number of carbonyl (C=O) groups excluding carboxylic acids is 2. The fraction of sp³-hybridized carbons (Fsp3) is 0.263. The third-order valence-corrected chi connectivity index (χ3v) is 4.04. The van der Waals surface area contributed by atoms with Crippen LogP contribution in [0, 0.1) is 0 Å². The molecular formula is C19H18N2O5. The Kier molecular flexibility index (Phi) is 4.35. The van der Waals surface area contributed by atoms with E-state index in [1.807, 2.05) is 0 Å². The predicted octanol–water partition coefficient (Wildman–Crippen LogP) is 2.33. The third kappa shape index (κ3) is 3.88. The molecule has 0 atom stereocenters. The van der Waals surface area contributed by atoms with Crippen LogP contribution in [0.4, 0.5) is 5.69 Å². The number of benzene rings is 2. The Hall–Kier alpha value is -3.22. The second kappa shape index (κ2) is 6.95. The van der Waals surface area contributed by atoms with Gasteiger partial charge in [-0.3, -0.25) is 9.59 Å². The van der Waals surface area contributed by atoms with E-state index in [0.29, 0.717) is 28.5 Å². The molecule has 0 aromatic heterocycles. The Morgan fingerprint density at radius 1 is 1.08 bits per heavy atom. The summed E-state index contributed by atoms with van der Waals surface area (Å²) in [7, 11) is 0. The lowest BCUT2D eigenvalue weighted by atomic mass is 10.2. The largest absolute Gasteiger partial charge is 0.484 e. The Bertz CT molecular complexity index is 848. The van der Waals surface area contributed by atoms with Crippen LogP contribution in [0.15, 0.2) is 42.5 Å². The van der Waals surface area contributed by atoms with Crippen molar-refractivity contribution in [2.75, 3.05) is 18.7 Å². The molecule has 1 aliphatic carbocycles. The summed E-state index contributed by atoms with van der Waals surface area (Å²) in [5.41, 5.74) is 1.07. The number of anilines is 1. The van der Waals surface area contributed by atoms with Gasteiger partial charge in [-0.2, -0.15) is 0 Å². The number of rotatable bonds is 6. The maximum absolute atomic E-state index is 12.1. The molecule has 2 aliphatic rings. The van der Waals surface area contributed by atoms with E-state index < -0.39 is 0 Å². The highest BCUT2D eigenvalue weighted by atomic mass is 16.7. The molecule has 2 aromatic rings. The second-order valence-electron chi connectivity index (χ2n) is 6.18. The summed E-state index contributed by atoms with van der Waals surface area (Å²) >= 11 is 0. The minimum Gasteiger partial charge on any atom is -0.484 e. The van der Waals surface area contributed by atoms with Gasteiger partial charge in [-0.15, -0.1) is 0 Å². The smallest absolute Gasteiger partial charge is 0.262 e. The highest BCUT2D eigenvalue weighted by Gasteiger charge is 2.23. The zero-order valence-electron chi connectivity index (χ0n) is 14.0. The predicted molar refractivity (Wildman–Crippen MR) is 93.6 cm³/mol. The molecule has 26 heavy (non-hydrogen) atoms. The van der Waals surface area contributed by atoms with Crippen molar-refractivity contribution in [2.24, 2.45) is 0 Å². The van der Waals surface area contributed by atoms with Gasteiger partial charge in [0.2, 0.25) is 6.79 Å². The summed E-state index contributed by atoms with van der Waals surface area (Å²) in [5, 5.41) is 5.65. The number of nitrogens with one attached hydrogen (secondary N) is 2. The molecule has 1 aliphatic heterocycles. The van der Waals surface area contributed by atoms with E-state index in [1.54, 1.807) is 42.5 Å². The van der Waals surface area contributed by atoms with Crippen LogP contribution in [-0.4, -0.2) is 31.3 Å². The van der Waals surface area contributed by atoms with E-state index in [4.69, 9.17) is 14.2 Å². The van der Waals surface area contributed by atoms with Crippen molar-refractivity contribution < 1.29 is 23.8 Å². The average molecular weight is 354 g/mol. The molecule has 0 saturated heterocycles. The summed E-state index contributed by atoms with van der Waals surface area (Å²) in [4.78, 5) is 24.2. The molecule has 1 saturated carbocycles. The summed E-state index contributed by atoms with van der Waals surface area (Å²) < 4.78 is 16.0. The molecule has 2 aromatic carbocycles. The van der Waals surface area contributed by atoms with Crippen LogP contribution in [0.5, 0.6) is 17.2 Å². The minimum absolute atomic E-state index is 0.125. The Labute approximate surface area is 150 Å². The standard InChI is InChI=1S/C19H18N2O5/c22-18(10-24-15-6-7-16-17(9-15)26-11-25-16)20-14-3-1-2-12(8-14)19(23)21-13-4-5-13/h1-3,6-9,13H,4-5,10-11H2,(H,20,22)(H,21,23). The van der Waals surface area contributed by atoms with Crippen LogP contribution in [0.25, 0.3) is 0 Å². The summed E-state index contributed by atoms with van der Waals surface area (Å²) in [6, 6.07) is 12.2. The van der Waals surface area contributed by atoms with Crippen molar-refractivity contribution in [3.8, 4) is 17.2 Å². The van der Waals surface area contributed by atoms with Crippen LogP contribution >= 0.6 is 0 Å². The van der Waals surface area contributed by atoms with Crippen LogP contribution < -0.4 is 24.8 Å². The zero-order valence-corrected chi connectivity index (χ0v) is 14.0. The number of hydrogen-bond acceptors (Lipinski definition) is 5. The maximum atomic E-state index is 12.1. The molecule has 134 valence electrons. The van der Waals surface area contributed by atoms with Crippen molar-refractivity contribution in [2.45, 2.75) is 18.9 Å². The fourth-order valence-electron chi connectivity index (χ4n) is 2.55. The number of amides is 2. The lowest BCUT2D eigenvalue weighted by molar-refractivity contribution is -0.118. The number of hydrogen-bond donors (Lipinski definition) is 2. The Morgan fingerprint density at radius 3 is 2.77 bits per heavy atom. The van der Waals surface area contributed by atoms with E-state index in [2.05, 4.69) is 10.6 Å². The Balaban J connectivity index is 1.32. The van der Waals surface area contributed by atoms with Gasteiger partial charge in [0.15, 0.2) is 18.1 Å². The average Bonchev–Trinajstić information content (AvgIpc) is 3.33. The minimum atomic E-state index is -0.317.